The molecule has 1 amide bonds. The average molecular weight is 576 g/mol. The summed E-state index contributed by atoms with van der Waals surface area (Å²) < 4.78 is 63.5. The molecule has 0 heterocycles. The van der Waals surface area contributed by atoms with Gasteiger partial charge in [-0.2, -0.15) is 23.7 Å². The summed E-state index contributed by atoms with van der Waals surface area (Å²) in [4.78, 5) is 13.6. The van der Waals surface area contributed by atoms with Crippen molar-refractivity contribution in [2.75, 3.05) is 25.9 Å². The molecule has 0 radical (unpaired) electrons. The fourth-order valence-electron chi connectivity index (χ4n) is 5.03. The highest BCUT2D eigenvalue weighted by Gasteiger charge is 2.49. The molecule has 214 valence electrons. The summed E-state index contributed by atoms with van der Waals surface area (Å²) in [5.74, 6) is -0.699. The lowest BCUT2D eigenvalue weighted by Gasteiger charge is -2.31. The molecule has 0 unspecified atom stereocenters. The maximum atomic E-state index is 13.6. The molecule has 0 bridgehead atoms. The van der Waals surface area contributed by atoms with Crippen molar-refractivity contribution < 1.29 is 31.6 Å². The van der Waals surface area contributed by atoms with E-state index in [2.05, 4.69) is 5.32 Å². The summed E-state index contributed by atoms with van der Waals surface area (Å²) in [5, 5.41) is 19.6. The number of nitriles is 2. The number of nitrogens with zero attached hydrogens (tertiary/aromatic N) is 2. The number of nitrogens with one attached hydrogen (secondary N) is 1. The monoisotopic (exact) mass is 575 g/mol. The molecular formula is C29H33F3N3O4P. The highest BCUT2D eigenvalue weighted by Crippen LogP contribution is 2.52. The minimum Gasteiger partial charge on any atom is -0.346 e. The Balaban J connectivity index is 1.73. The Kier molecular flexibility index (Phi) is 11.3. The second kappa shape index (κ2) is 14.5. The molecule has 0 saturated heterocycles. The predicted octanol–water partition coefficient (Wildman–Crippen LogP) is 7.03. The van der Waals surface area contributed by atoms with E-state index in [1.165, 1.54) is 0 Å². The molecule has 1 N–H and O–H groups in total. The standard InChI is InChI=1S/C29H33F3N3O4P/c30-29(31,32)22-35-27(36)28(25-14-4-2-12-23(25)24-13-3-5-15-26(24)28)16-6-1-11-21-40(37,38-19-9-7-17-33)39-20-10-8-18-34/h2-5,12-15H,1,6-11,16,19-22H2,(H,35,36). The van der Waals surface area contributed by atoms with Crippen LogP contribution in [0.15, 0.2) is 48.5 Å². The molecule has 1 aliphatic rings. The van der Waals surface area contributed by atoms with Gasteiger partial charge in [-0.3, -0.25) is 9.36 Å². The topological polar surface area (TPSA) is 112 Å². The van der Waals surface area contributed by atoms with E-state index in [0.717, 1.165) is 11.1 Å². The van der Waals surface area contributed by atoms with E-state index in [0.29, 0.717) is 43.2 Å². The number of hydrogen-bond donors (Lipinski definition) is 1. The summed E-state index contributed by atoms with van der Waals surface area (Å²) in [6.07, 6.45) is -1.36. The molecule has 2 aromatic rings. The van der Waals surface area contributed by atoms with Gasteiger partial charge in [-0.15, -0.1) is 0 Å². The molecule has 0 saturated carbocycles. The molecule has 0 aromatic heterocycles. The van der Waals surface area contributed by atoms with Crippen LogP contribution < -0.4 is 5.32 Å². The molecule has 3 rings (SSSR count). The van der Waals surface area contributed by atoms with Crippen LogP contribution in [0.4, 0.5) is 13.2 Å². The molecule has 7 nitrogen and oxygen atoms in total. The van der Waals surface area contributed by atoms with Crippen LogP contribution in [0, 0.1) is 22.7 Å². The molecule has 0 spiro atoms. The Bertz CT molecular complexity index is 1210. The zero-order valence-electron chi connectivity index (χ0n) is 22.2. The van der Waals surface area contributed by atoms with Crippen LogP contribution in [0.1, 0.15) is 62.5 Å². The second-order valence-electron chi connectivity index (χ2n) is 9.63. The summed E-state index contributed by atoms with van der Waals surface area (Å²) in [6.45, 7) is -1.20. The third kappa shape index (κ3) is 7.95. The van der Waals surface area contributed by atoms with Gasteiger partial charge in [0, 0.05) is 12.8 Å². The first kappa shape index (κ1) is 31.4. The van der Waals surface area contributed by atoms with Gasteiger partial charge in [0.2, 0.25) is 5.91 Å². The zero-order chi connectivity index (χ0) is 29.1. The number of unbranched alkanes of at least 4 members (excludes halogenated alkanes) is 4. The number of amides is 1. The fourth-order valence-corrected chi connectivity index (χ4v) is 6.79. The molecule has 0 aliphatic heterocycles. The summed E-state index contributed by atoms with van der Waals surface area (Å²) in [5.41, 5.74) is 1.69. The van der Waals surface area contributed by atoms with Crippen molar-refractivity contribution >= 4 is 13.5 Å². The molecule has 0 fully saturated rings. The number of rotatable bonds is 16. The highest BCUT2D eigenvalue weighted by atomic mass is 31.2. The zero-order valence-corrected chi connectivity index (χ0v) is 23.1. The summed E-state index contributed by atoms with van der Waals surface area (Å²) in [6, 6.07) is 18.6. The highest BCUT2D eigenvalue weighted by molar-refractivity contribution is 7.53. The summed E-state index contributed by atoms with van der Waals surface area (Å²) in [7, 11) is -3.46. The third-order valence-corrected chi connectivity index (χ3v) is 8.84. The van der Waals surface area contributed by atoms with E-state index in [1.54, 1.807) is 24.3 Å². The van der Waals surface area contributed by atoms with Gasteiger partial charge in [-0.1, -0.05) is 61.4 Å². The van der Waals surface area contributed by atoms with Gasteiger partial charge in [-0.25, -0.2) is 0 Å². The number of benzene rings is 2. The summed E-state index contributed by atoms with van der Waals surface area (Å²) >= 11 is 0. The van der Waals surface area contributed by atoms with Gasteiger partial charge < -0.3 is 14.4 Å². The van der Waals surface area contributed by atoms with E-state index in [-0.39, 0.29) is 38.6 Å². The maximum Gasteiger partial charge on any atom is 0.405 e. The van der Waals surface area contributed by atoms with Crippen molar-refractivity contribution in [3.05, 3.63) is 59.7 Å². The Morgan fingerprint density at radius 1 is 0.850 bits per heavy atom. The first-order chi connectivity index (χ1) is 19.2. The van der Waals surface area contributed by atoms with Crippen LogP contribution in [0.25, 0.3) is 11.1 Å². The van der Waals surface area contributed by atoms with E-state index < -0.39 is 31.6 Å². The number of fused-ring (bicyclic) bond motifs is 3. The first-order valence-electron chi connectivity index (χ1n) is 13.3. The third-order valence-electron chi connectivity index (χ3n) is 6.83. The van der Waals surface area contributed by atoms with E-state index >= 15 is 0 Å². The molecule has 2 aromatic carbocycles. The van der Waals surface area contributed by atoms with Gasteiger partial charge in [0.05, 0.1) is 31.5 Å². The number of carbonyl (C=O) groups excluding carboxylic acids is 1. The van der Waals surface area contributed by atoms with Gasteiger partial charge in [0.1, 0.15) is 12.0 Å². The van der Waals surface area contributed by atoms with Crippen LogP contribution in [-0.2, 0) is 23.8 Å². The Morgan fingerprint density at radius 2 is 1.38 bits per heavy atom. The fraction of sp³-hybridized carbons (Fsp3) is 0.483. The second-order valence-corrected chi connectivity index (χ2v) is 11.8. The van der Waals surface area contributed by atoms with Crippen LogP contribution in [0.2, 0.25) is 0 Å². The van der Waals surface area contributed by atoms with Crippen molar-refractivity contribution in [2.24, 2.45) is 0 Å². The predicted molar refractivity (Wildman–Crippen MR) is 144 cm³/mol. The Hall–Kier alpha value is -3.17. The lowest BCUT2D eigenvalue weighted by molar-refractivity contribution is -0.141. The SMILES string of the molecule is N#CCCCOP(=O)(CCCCCC1(C(=O)NCC(F)(F)F)c2ccccc2-c2ccccc21)OCCCC#N. The van der Waals surface area contributed by atoms with Crippen molar-refractivity contribution in [3.63, 3.8) is 0 Å². The largest absolute Gasteiger partial charge is 0.405 e. The van der Waals surface area contributed by atoms with E-state index in [9.17, 15) is 22.5 Å². The molecule has 11 heteroatoms. The molecular weight excluding hydrogens is 542 g/mol. The lowest BCUT2D eigenvalue weighted by atomic mass is 9.73. The minimum absolute atomic E-state index is 0.110. The lowest BCUT2D eigenvalue weighted by Crippen LogP contribution is -2.47. The first-order valence-corrected chi connectivity index (χ1v) is 15.1. The molecule has 1 aliphatic carbocycles. The van der Waals surface area contributed by atoms with Crippen LogP contribution in [0.5, 0.6) is 0 Å². The van der Waals surface area contributed by atoms with E-state index in [1.807, 2.05) is 36.4 Å². The van der Waals surface area contributed by atoms with E-state index in [4.69, 9.17) is 19.6 Å². The van der Waals surface area contributed by atoms with Crippen molar-refractivity contribution in [3.8, 4) is 23.3 Å². The maximum absolute atomic E-state index is 13.6. The van der Waals surface area contributed by atoms with Crippen molar-refractivity contribution in [1.29, 1.82) is 10.5 Å². The number of carbonyl (C=O) groups is 1. The van der Waals surface area contributed by atoms with Gasteiger partial charge in [-0.05, 0) is 47.9 Å². The van der Waals surface area contributed by atoms with Gasteiger partial charge in [0.25, 0.3) is 0 Å². The van der Waals surface area contributed by atoms with Crippen LogP contribution in [-0.4, -0.2) is 38.0 Å². The van der Waals surface area contributed by atoms with Crippen molar-refractivity contribution in [2.45, 2.75) is 63.0 Å². The molecule has 40 heavy (non-hydrogen) atoms. The van der Waals surface area contributed by atoms with Crippen LogP contribution >= 0.6 is 7.60 Å². The number of alkyl halides is 3. The Labute approximate surface area is 232 Å². The van der Waals surface area contributed by atoms with Crippen LogP contribution in [0.3, 0.4) is 0 Å². The van der Waals surface area contributed by atoms with Crippen molar-refractivity contribution in [1.82, 2.24) is 5.32 Å². The normalized spacial score (nSPS) is 13.6. The van der Waals surface area contributed by atoms with Gasteiger partial charge in [0.15, 0.2) is 0 Å². The average Bonchev–Trinajstić information content (AvgIpc) is 3.22. The molecule has 0 atom stereocenters. The quantitative estimate of drug-likeness (QED) is 0.170. The van der Waals surface area contributed by atoms with Gasteiger partial charge >= 0.3 is 13.8 Å². The minimum atomic E-state index is -4.55. The number of halogens is 3. The number of hydrogen-bond acceptors (Lipinski definition) is 6. The smallest absolute Gasteiger partial charge is 0.346 e. The Morgan fingerprint density at radius 3 is 1.88 bits per heavy atom.